The highest BCUT2D eigenvalue weighted by Gasteiger charge is 2.39. The Morgan fingerprint density at radius 3 is 2.81 bits per heavy atom. The zero-order valence-electron chi connectivity index (χ0n) is 17.8. The molecule has 1 aromatic heterocycles. The zero-order valence-corrected chi connectivity index (χ0v) is 17.8. The molecule has 1 saturated carbocycles. The van der Waals surface area contributed by atoms with Crippen LogP contribution in [-0.4, -0.2) is 33.1 Å². The van der Waals surface area contributed by atoms with E-state index in [9.17, 15) is 10.1 Å². The first kappa shape index (κ1) is 19.6. The monoisotopic (exact) mass is 410 g/mol. The van der Waals surface area contributed by atoms with Gasteiger partial charge < -0.3 is 4.90 Å². The van der Waals surface area contributed by atoms with Crippen LogP contribution in [0.5, 0.6) is 0 Å². The smallest absolute Gasteiger partial charge is 0.254 e. The number of nitriles is 1. The van der Waals surface area contributed by atoms with Gasteiger partial charge in [0, 0.05) is 23.3 Å². The van der Waals surface area contributed by atoms with Crippen molar-refractivity contribution in [3.63, 3.8) is 0 Å². The van der Waals surface area contributed by atoms with Gasteiger partial charge in [-0.25, -0.2) is 0 Å². The van der Waals surface area contributed by atoms with Crippen molar-refractivity contribution in [1.29, 1.82) is 5.26 Å². The number of hydrogen-bond donors (Lipinski definition) is 1. The minimum absolute atomic E-state index is 0.149. The predicted octanol–water partition coefficient (Wildman–Crippen LogP) is 4.67. The van der Waals surface area contributed by atoms with Gasteiger partial charge in [-0.05, 0) is 72.9 Å². The van der Waals surface area contributed by atoms with Crippen molar-refractivity contribution < 1.29 is 4.79 Å². The zero-order chi connectivity index (χ0) is 21.4. The van der Waals surface area contributed by atoms with E-state index < -0.39 is 0 Å². The van der Waals surface area contributed by atoms with Crippen molar-refractivity contribution in [3.05, 3.63) is 76.6 Å². The first-order chi connectivity index (χ1) is 15.2. The average Bonchev–Trinajstić information content (AvgIpc) is 3.53. The fourth-order valence-corrected chi connectivity index (χ4v) is 4.85. The lowest BCUT2D eigenvalue weighted by molar-refractivity contribution is 0.0641. The van der Waals surface area contributed by atoms with Crippen molar-refractivity contribution >= 4 is 5.91 Å². The Bertz CT molecular complexity index is 1170. The van der Waals surface area contributed by atoms with Crippen LogP contribution in [0.3, 0.4) is 0 Å². The SMILES string of the molecule is CCc1cc(-c2ccccc2C#N)ccc1C(=O)N(C1CC1)C1CCc2[nH]ncc2C1. The molecule has 1 unspecified atom stereocenters. The second-order valence-corrected chi connectivity index (χ2v) is 8.60. The Morgan fingerprint density at radius 1 is 1.19 bits per heavy atom. The highest BCUT2D eigenvalue weighted by atomic mass is 16.2. The lowest BCUT2D eigenvalue weighted by atomic mass is 9.90. The highest BCUT2D eigenvalue weighted by molar-refractivity contribution is 5.97. The fourth-order valence-electron chi connectivity index (χ4n) is 4.85. The molecule has 0 saturated heterocycles. The van der Waals surface area contributed by atoms with Crippen LogP contribution >= 0.6 is 0 Å². The number of amides is 1. The summed E-state index contributed by atoms with van der Waals surface area (Å²) in [7, 11) is 0. The van der Waals surface area contributed by atoms with Crippen LogP contribution < -0.4 is 0 Å². The molecule has 156 valence electrons. The molecule has 1 fully saturated rings. The second kappa shape index (κ2) is 8.03. The van der Waals surface area contributed by atoms with Crippen LogP contribution in [-0.2, 0) is 19.3 Å². The maximum absolute atomic E-state index is 13.8. The Labute approximate surface area is 182 Å². The van der Waals surface area contributed by atoms with Gasteiger partial charge in [0.25, 0.3) is 5.91 Å². The minimum atomic E-state index is 0.149. The number of hydrogen-bond acceptors (Lipinski definition) is 3. The van der Waals surface area contributed by atoms with Gasteiger partial charge in [-0.15, -0.1) is 0 Å². The summed E-state index contributed by atoms with van der Waals surface area (Å²) >= 11 is 0. The molecule has 3 aromatic rings. The van der Waals surface area contributed by atoms with Crippen molar-refractivity contribution in [3.8, 4) is 17.2 Å². The number of rotatable bonds is 5. The van der Waals surface area contributed by atoms with E-state index in [2.05, 4.69) is 34.2 Å². The third-order valence-corrected chi connectivity index (χ3v) is 6.63. The Morgan fingerprint density at radius 2 is 2.03 bits per heavy atom. The highest BCUT2D eigenvalue weighted by Crippen LogP contribution is 2.35. The number of H-pyrrole nitrogens is 1. The van der Waals surface area contributed by atoms with E-state index in [1.807, 2.05) is 42.6 Å². The third kappa shape index (κ3) is 3.63. The molecule has 5 nitrogen and oxygen atoms in total. The number of nitrogens with one attached hydrogen (secondary N) is 1. The first-order valence-corrected chi connectivity index (χ1v) is 11.2. The largest absolute Gasteiger partial charge is 0.332 e. The molecule has 5 rings (SSSR count). The van der Waals surface area contributed by atoms with Crippen LogP contribution in [0.1, 0.15) is 58.9 Å². The van der Waals surface area contributed by atoms with Gasteiger partial charge >= 0.3 is 0 Å². The molecule has 2 aliphatic rings. The fraction of sp³-hybridized carbons (Fsp3) is 0.346. The minimum Gasteiger partial charge on any atom is -0.332 e. The maximum Gasteiger partial charge on any atom is 0.254 e. The summed E-state index contributed by atoms with van der Waals surface area (Å²) in [6.07, 6.45) is 7.68. The Kier molecular flexibility index (Phi) is 5.07. The number of carbonyl (C=O) groups is 1. The number of nitrogens with zero attached hydrogens (tertiary/aromatic N) is 3. The molecule has 0 radical (unpaired) electrons. The number of aromatic amines is 1. The van der Waals surface area contributed by atoms with Crippen LogP contribution in [0.2, 0.25) is 0 Å². The van der Waals surface area contributed by atoms with E-state index in [1.54, 1.807) is 0 Å². The second-order valence-electron chi connectivity index (χ2n) is 8.60. The maximum atomic E-state index is 13.8. The molecule has 1 N–H and O–H groups in total. The van der Waals surface area contributed by atoms with E-state index in [0.29, 0.717) is 11.6 Å². The Balaban J connectivity index is 1.47. The Hall–Kier alpha value is -3.39. The van der Waals surface area contributed by atoms with Crippen molar-refractivity contribution in [2.45, 2.75) is 57.5 Å². The summed E-state index contributed by atoms with van der Waals surface area (Å²) in [5.74, 6) is 0.149. The van der Waals surface area contributed by atoms with Crippen LogP contribution in [0.25, 0.3) is 11.1 Å². The predicted molar refractivity (Wildman–Crippen MR) is 120 cm³/mol. The van der Waals surface area contributed by atoms with Gasteiger partial charge in [-0.2, -0.15) is 10.4 Å². The van der Waals surface area contributed by atoms with Crippen molar-refractivity contribution in [1.82, 2.24) is 15.1 Å². The molecule has 1 atom stereocenters. The molecule has 5 heteroatoms. The number of carbonyl (C=O) groups excluding carboxylic acids is 1. The molecule has 2 aromatic carbocycles. The molecule has 1 heterocycles. The normalized spacial score (nSPS) is 17.6. The van der Waals surface area contributed by atoms with Crippen LogP contribution in [0.15, 0.2) is 48.7 Å². The lowest BCUT2D eigenvalue weighted by Gasteiger charge is -2.35. The molecule has 0 spiro atoms. The molecule has 0 aliphatic heterocycles. The van der Waals surface area contributed by atoms with Gasteiger partial charge in [-0.3, -0.25) is 9.89 Å². The van der Waals surface area contributed by atoms with E-state index >= 15 is 0 Å². The van der Waals surface area contributed by atoms with Gasteiger partial charge in [0.2, 0.25) is 0 Å². The van der Waals surface area contributed by atoms with Crippen molar-refractivity contribution in [2.24, 2.45) is 0 Å². The van der Waals surface area contributed by atoms with Crippen LogP contribution in [0.4, 0.5) is 0 Å². The van der Waals surface area contributed by atoms with E-state index in [4.69, 9.17) is 0 Å². The molecular formula is C26H26N4O. The quantitative estimate of drug-likeness (QED) is 0.664. The van der Waals surface area contributed by atoms with Gasteiger partial charge in [-0.1, -0.05) is 37.3 Å². The summed E-state index contributed by atoms with van der Waals surface area (Å²) in [5.41, 5.74) is 6.86. The molecule has 2 aliphatic carbocycles. The standard InChI is InChI=1S/C26H26N4O/c1-2-17-13-18(23-6-4-3-5-19(23)15-27)7-11-24(17)26(31)30(21-8-9-21)22-10-12-25-20(14-22)16-28-29-25/h3-7,11,13,16,21-22H,2,8-10,12,14H2,1H3,(H,28,29). The van der Waals surface area contributed by atoms with Gasteiger partial charge in [0.1, 0.15) is 0 Å². The lowest BCUT2D eigenvalue weighted by Crippen LogP contribution is -2.45. The van der Waals surface area contributed by atoms with Crippen molar-refractivity contribution in [2.75, 3.05) is 0 Å². The molecule has 1 amide bonds. The molecule has 31 heavy (non-hydrogen) atoms. The van der Waals surface area contributed by atoms with Gasteiger partial charge in [0.15, 0.2) is 0 Å². The molecule has 0 bridgehead atoms. The van der Waals surface area contributed by atoms with Crippen LogP contribution in [0, 0.1) is 11.3 Å². The number of fused-ring (bicyclic) bond motifs is 1. The summed E-state index contributed by atoms with van der Waals surface area (Å²) in [5, 5.41) is 16.8. The summed E-state index contributed by atoms with van der Waals surface area (Å²) in [6.45, 7) is 2.09. The van der Waals surface area contributed by atoms with E-state index in [-0.39, 0.29) is 11.9 Å². The van der Waals surface area contributed by atoms with Gasteiger partial charge in [0.05, 0.1) is 17.8 Å². The molecular weight excluding hydrogens is 384 g/mol. The summed E-state index contributed by atoms with van der Waals surface area (Å²) in [4.78, 5) is 15.9. The number of aryl methyl sites for hydroxylation is 2. The number of aromatic nitrogens is 2. The number of benzene rings is 2. The summed E-state index contributed by atoms with van der Waals surface area (Å²) in [6, 6.07) is 16.5. The third-order valence-electron chi connectivity index (χ3n) is 6.63. The van der Waals surface area contributed by atoms with E-state index in [0.717, 1.165) is 60.8 Å². The first-order valence-electron chi connectivity index (χ1n) is 11.2. The summed E-state index contributed by atoms with van der Waals surface area (Å²) < 4.78 is 0. The topological polar surface area (TPSA) is 72.8 Å². The van der Waals surface area contributed by atoms with E-state index in [1.165, 1.54) is 11.3 Å². The average molecular weight is 411 g/mol.